The van der Waals surface area contributed by atoms with E-state index in [1.54, 1.807) is 4.90 Å². The van der Waals surface area contributed by atoms with Gasteiger partial charge in [0.1, 0.15) is 5.82 Å². The van der Waals surface area contributed by atoms with Crippen LogP contribution in [0.4, 0.5) is 14.9 Å². The molecule has 1 fully saturated rings. The lowest BCUT2D eigenvalue weighted by molar-refractivity contribution is 0.0697. The fourth-order valence-electron chi connectivity index (χ4n) is 2.13. The molecule has 1 saturated heterocycles. The predicted molar refractivity (Wildman–Crippen MR) is 67.7 cm³/mol. The summed E-state index contributed by atoms with van der Waals surface area (Å²) in [5.41, 5.74) is -0.528. The first-order chi connectivity index (χ1) is 8.99. The first-order valence-electron chi connectivity index (χ1n) is 6.06. The van der Waals surface area contributed by atoms with Crippen LogP contribution in [0.1, 0.15) is 23.7 Å². The molecule has 0 spiro atoms. The normalized spacial score (nSPS) is 18.4. The van der Waals surface area contributed by atoms with Gasteiger partial charge in [-0.3, -0.25) is 0 Å². The predicted octanol–water partition coefficient (Wildman–Crippen LogP) is 2.40. The number of aromatic carboxylic acids is 1. The van der Waals surface area contributed by atoms with Crippen molar-refractivity contribution in [1.82, 2.24) is 4.90 Å². The average molecular weight is 266 g/mol. The van der Waals surface area contributed by atoms with Gasteiger partial charge in [0.15, 0.2) is 0 Å². The Balaban J connectivity index is 2.19. The highest BCUT2D eigenvalue weighted by molar-refractivity contribution is 6.00. The van der Waals surface area contributed by atoms with E-state index in [0.29, 0.717) is 19.0 Å². The second-order valence-electron chi connectivity index (χ2n) is 4.74. The van der Waals surface area contributed by atoms with Crippen molar-refractivity contribution in [3.63, 3.8) is 0 Å². The fraction of sp³-hybridized carbons (Fsp3) is 0.385. The minimum absolute atomic E-state index is 0.249. The Morgan fingerprint density at radius 2 is 2.21 bits per heavy atom. The molecular formula is C13H15FN2O3. The lowest BCUT2D eigenvalue weighted by atomic mass is 10.1. The van der Waals surface area contributed by atoms with Crippen LogP contribution >= 0.6 is 0 Å². The summed E-state index contributed by atoms with van der Waals surface area (Å²) in [5.74, 6) is -1.62. The molecule has 1 aromatic rings. The Hall–Kier alpha value is -2.11. The number of carbonyl (C=O) groups excluding carboxylic acids is 1. The molecule has 0 aliphatic carbocycles. The molecular weight excluding hydrogens is 251 g/mol. The van der Waals surface area contributed by atoms with Crippen molar-refractivity contribution in [3.05, 3.63) is 29.6 Å². The molecule has 102 valence electrons. The van der Waals surface area contributed by atoms with E-state index < -0.39 is 17.8 Å². The Morgan fingerprint density at radius 1 is 1.47 bits per heavy atom. The zero-order valence-electron chi connectivity index (χ0n) is 10.5. The molecule has 0 bridgehead atoms. The lowest BCUT2D eigenvalue weighted by Crippen LogP contribution is -2.33. The van der Waals surface area contributed by atoms with Crippen LogP contribution in [0, 0.1) is 11.7 Å². The number of rotatable bonds is 2. The molecule has 0 radical (unpaired) electrons. The van der Waals surface area contributed by atoms with Gasteiger partial charge in [-0.1, -0.05) is 13.0 Å². The smallest absolute Gasteiger partial charge is 0.337 e. The number of carbonyl (C=O) groups is 2. The van der Waals surface area contributed by atoms with Crippen molar-refractivity contribution >= 4 is 17.7 Å². The van der Waals surface area contributed by atoms with Crippen LogP contribution in [0.5, 0.6) is 0 Å². The van der Waals surface area contributed by atoms with Gasteiger partial charge < -0.3 is 15.3 Å². The summed E-state index contributed by atoms with van der Waals surface area (Å²) in [6, 6.07) is 3.21. The first kappa shape index (κ1) is 13.3. The van der Waals surface area contributed by atoms with E-state index in [1.807, 2.05) is 6.92 Å². The second-order valence-corrected chi connectivity index (χ2v) is 4.74. The van der Waals surface area contributed by atoms with Gasteiger partial charge in [0.05, 0.1) is 11.3 Å². The van der Waals surface area contributed by atoms with Gasteiger partial charge in [-0.25, -0.2) is 14.0 Å². The molecule has 2 rings (SSSR count). The van der Waals surface area contributed by atoms with Crippen LogP contribution < -0.4 is 5.32 Å². The fourth-order valence-corrected chi connectivity index (χ4v) is 2.13. The summed E-state index contributed by atoms with van der Waals surface area (Å²) in [4.78, 5) is 24.5. The second kappa shape index (κ2) is 5.26. The van der Waals surface area contributed by atoms with Crippen molar-refractivity contribution in [2.45, 2.75) is 13.3 Å². The van der Waals surface area contributed by atoms with Crippen molar-refractivity contribution in [1.29, 1.82) is 0 Å². The zero-order chi connectivity index (χ0) is 14.0. The third kappa shape index (κ3) is 2.83. The van der Waals surface area contributed by atoms with Gasteiger partial charge in [-0.05, 0) is 24.5 Å². The number of likely N-dealkylation sites (tertiary alicyclic amines) is 1. The van der Waals surface area contributed by atoms with E-state index in [1.165, 1.54) is 12.1 Å². The molecule has 5 nitrogen and oxygen atoms in total. The van der Waals surface area contributed by atoms with Gasteiger partial charge in [-0.2, -0.15) is 0 Å². The number of nitrogens with one attached hydrogen (secondary N) is 1. The summed E-state index contributed by atoms with van der Waals surface area (Å²) < 4.78 is 13.6. The van der Waals surface area contributed by atoms with Crippen molar-refractivity contribution in [3.8, 4) is 0 Å². The van der Waals surface area contributed by atoms with E-state index in [2.05, 4.69) is 5.32 Å². The van der Waals surface area contributed by atoms with Crippen LogP contribution in [0.15, 0.2) is 18.2 Å². The van der Waals surface area contributed by atoms with Crippen molar-refractivity contribution in [2.24, 2.45) is 5.92 Å². The number of hydrogen-bond acceptors (Lipinski definition) is 2. The number of anilines is 1. The molecule has 1 atom stereocenters. The summed E-state index contributed by atoms with van der Waals surface area (Å²) in [5, 5.41) is 11.3. The number of carboxylic acids is 1. The Morgan fingerprint density at radius 3 is 2.79 bits per heavy atom. The maximum atomic E-state index is 13.6. The molecule has 1 aliphatic heterocycles. The molecule has 2 amide bonds. The summed E-state index contributed by atoms with van der Waals surface area (Å²) in [6.07, 6.45) is 0.899. The standard InChI is InChI=1S/C13H15FN2O3/c1-8-5-6-16(7-8)13(19)15-11-9(12(17)18)3-2-4-10(11)14/h2-4,8H,5-7H2,1H3,(H,15,19)(H,17,18). The number of halogens is 1. The van der Waals surface area contributed by atoms with Crippen LogP contribution in [-0.2, 0) is 0 Å². The van der Waals surface area contributed by atoms with Crippen LogP contribution in [0.3, 0.4) is 0 Å². The zero-order valence-corrected chi connectivity index (χ0v) is 10.5. The number of nitrogens with zero attached hydrogens (tertiary/aromatic N) is 1. The minimum atomic E-state index is -1.27. The van der Waals surface area contributed by atoms with Gasteiger partial charge in [0.2, 0.25) is 0 Å². The molecule has 2 N–H and O–H groups in total. The maximum Gasteiger partial charge on any atom is 0.337 e. The molecule has 0 saturated carbocycles. The average Bonchev–Trinajstić information content (AvgIpc) is 2.78. The highest BCUT2D eigenvalue weighted by atomic mass is 19.1. The largest absolute Gasteiger partial charge is 0.478 e. The van der Waals surface area contributed by atoms with E-state index in [-0.39, 0.29) is 11.3 Å². The van der Waals surface area contributed by atoms with Crippen LogP contribution in [-0.4, -0.2) is 35.1 Å². The summed E-state index contributed by atoms with van der Waals surface area (Å²) in [7, 11) is 0. The van der Waals surface area contributed by atoms with E-state index in [0.717, 1.165) is 12.5 Å². The van der Waals surface area contributed by atoms with Gasteiger partial charge >= 0.3 is 12.0 Å². The van der Waals surface area contributed by atoms with Gasteiger partial charge in [-0.15, -0.1) is 0 Å². The molecule has 1 unspecified atom stereocenters. The number of carboxylic acid groups (broad SMARTS) is 1. The topological polar surface area (TPSA) is 69.6 Å². The quantitative estimate of drug-likeness (QED) is 0.863. The first-order valence-corrected chi connectivity index (χ1v) is 6.06. The van der Waals surface area contributed by atoms with Crippen molar-refractivity contribution in [2.75, 3.05) is 18.4 Å². The Labute approximate surface area is 110 Å². The maximum absolute atomic E-state index is 13.6. The molecule has 19 heavy (non-hydrogen) atoms. The Kier molecular flexibility index (Phi) is 3.69. The molecule has 6 heteroatoms. The summed E-state index contributed by atoms with van der Waals surface area (Å²) >= 11 is 0. The van der Waals surface area contributed by atoms with Gasteiger partial charge in [0.25, 0.3) is 0 Å². The number of benzene rings is 1. The third-order valence-corrected chi connectivity index (χ3v) is 3.19. The van der Waals surface area contributed by atoms with E-state index in [9.17, 15) is 14.0 Å². The van der Waals surface area contributed by atoms with Gasteiger partial charge in [0, 0.05) is 13.1 Å². The highest BCUT2D eigenvalue weighted by Gasteiger charge is 2.25. The molecule has 1 aliphatic rings. The monoisotopic (exact) mass is 266 g/mol. The van der Waals surface area contributed by atoms with Crippen LogP contribution in [0.2, 0.25) is 0 Å². The molecule has 0 aromatic heterocycles. The number of amides is 2. The van der Waals surface area contributed by atoms with Crippen molar-refractivity contribution < 1.29 is 19.1 Å². The summed E-state index contributed by atoms with van der Waals surface area (Å²) in [6.45, 7) is 3.23. The number of para-hydroxylation sites is 1. The molecule has 1 heterocycles. The SMILES string of the molecule is CC1CCN(C(=O)Nc2c(F)cccc2C(=O)O)C1. The highest BCUT2D eigenvalue weighted by Crippen LogP contribution is 2.22. The van der Waals surface area contributed by atoms with Crippen LogP contribution in [0.25, 0.3) is 0 Å². The number of hydrogen-bond donors (Lipinski definition) is 2. The number of urea groups is 1. The van der Waals surface area contributed by atoms with E-state index in [4.69, 9.17) is 5.11 Å². The Bertz CT molecular complexity index is 519. The van der Waals surface area contributed by atoms with E-state index >= 15 is 0 Å². The lowest BCUT2D eigenvalue weighted by Gasteiger charge is -2.18. The molecule has 1 aromatic carbocycles. The third-order valence-electron chi connectivity index (χ3n) is 3.19. The minimum Gasteiger partial charge on any atom is -0.478 e.